The number of carbonyl (C=O) groups is 2. The molecule has 0 aliphatic carbocycles. The first-order valence-electron chi connectivity index (χ1n) is 8.73. The summed E-state index contributed by atoms with van der Waals surface area (Å²) in [7, 11) is -3.36. The van der Waals surface area contributed by atoms with Crippen LogP contribution in [0, 0.1) is 0 Å². The van der Waals surface area contributed by atoms with Crippen molar-refractivity contribution in [1.82, 2.24) is 4.31 Å². The monoisotopic (exact) mass is 462 g/mol. The van der Waals surface area contributed by atoms with E-state index in [0.717, 1.165) is 27.8 Å². The van der Waals surface area contributed by atoms with Crippen LogP contribution in [0.25, 0.3) is 0 Å². The molecule has 1 aromatic carbocycles. The van der Waals surface area contributed by atoms with Gasteiger partial charge in [0.05, 0.1) is 22.6 Å². The number of ether oxygens (including phenoxy) is 1. The number of sulfonamides is 1. The van der Waals surface area contributed by atoms with Crippen molar-refractivity contribution >= 4 is 38.2 Å². The summed E-state index contributed by atoms with van der Waals surface area (Å²) in [5.74, 6) is -1.27. The third-order valence-corrected chi connectivity index (χ3v) is 7.47. The molecule has 0 radical (unpaired) electrons. The zero-order chi connectivity index (χ0) is 22.1. The van der Waals surface area contributed by atoms with E-state index in [2.05, 4.69) is 10.1 Å². The lowest BCUT2D eigenvalue weighted by molar-refractivity contribution is -0.139. The predicted molar refractivity (Wildman–Crippen MR) is 103 cm³/mol. The molecule has 1 aliphatic rings. The molecule has 1 saturated heterocycles. The van der Waals surface area contributed by atoms with Crippen LogP contribution < -0.4 is 5.32 Å². The first-order chi connectivity index (χ1) is 14.1. The summed E-state index contributed by atoms with van der Waals surface area (Å²) in [5.41, 5.74) is -1.28. The average Bonchev–Trinajstić information content (AvgIpc) is 3.36. The normalized spacial score (nSPS) is 17.7. The molecule has 162 valence electrons. The van der Waals surface area contributed by atoms with Crippen molar-refractivity contribution in [2.24, 2.45) is 0 Å². The van der Waals surface area contributed by atoms with Crippen molar-refractivity contribution in [2.75, 3.05) is 19.0 Å². The molecule has 1 N–H and O–H groups in total. The molecule has 1 unspecified atom stereocenters. The van der Waals surface area contributed by atoms with E-state index in [9.17, 15) is 31.2 Å². The fraction of sp³-hybridized carbons (Fsp3) is 0.333. The number of methoxy groups -OCH3 is 1. The van der Waals surface area contributed by atoms with Crippen molar-refractivity contribution in [1.29, 1.82) is 0 Å². The summed E-state index contributed by atoms with van der Waals surface area (Å²) in [6.07, 6.45) is -4.37. The van der Waals surface area contributed by atoms with Gasteiger partial charge in [0, 0.05) is 6.54 Å². The molecule has 0 bridgehead atoms. The molecule has 1 fully saturated rings. The summed E-state index contributed by atoms with van der Waals surface area (Å²) in [5, 5.41) is 2.82. The second-order valence-corrected chi connectivity index (χ2v) is 9.36. The van der Waals surface area contributed by atoms with Crippen LogP contribution in [-0.2, 0) is 25.7 Å². The van der Waals surface area contributed by atoms with Crippen molar-refractivity contribution in [3.05, 3.63) is 46.8 Å². The molecule has 1 aliphatic heterocycles. The van der Waals surface area contributed by atoms with Gasteiger partial charge in [-0.05, 0) is 37.1 Å². The molecule has 12 heteroatoms. The Kier molecular flexibility index (Phi) is 6.20. The first kappa shape index (κ1) is 22.2. The molecule has 0 saturated carbocycles. The molecule has 2 heterocycles. The van der Waals surface area contributed by atoms with Crippen LogP contribution in [0.5, 0.6) is 0 Å². The van der Waals surface area contributed by atoms with Crippen molar-refractivity contribution in [3.63, 3.8) is 0 Å². The first-order valence-corrected chi connectivity index (χ1v) is 11.0. The Labute approximate surface area is 174 Å². The van der Waals surface area contributed by atoms with Crippen molar-refractivity contribution in [2.45, 2.75) is 30.0 Å². The number of benzene rings is 1. The molecule has 7 nitrogen and oxygen atoms in total. The fourth-order valence-corrected chi connectivity index (χ4v) is 5.86. The molecule has 1 atom stereocenters. The van der Waals surface area contributed by atoms with Gasteiger partial charge in [-0.1, -0.05) is 12.1 Å². The number of halogens is 3. The number of hydrogen-bond acceptors (Lipinski definition) is 6. The van der Waals surface area contributed by atoms with Gasteiger partial charge in [-0.15, -0.1) is 11.3 Å². The van der Waals surface area contributed by atoms with Crippen LogP contribution in [0.3, 0.4) is 0 Å². The zero-order valence-electron chi connectivity index (χ0n) is 15.6. The van der Waals surface area contributed by atoms with Crippen LogP contribution in [0.4, 0.5) is 18.2 Å². The third-order valence-electron chi connectivity index (χ3n) is 4.52. The number of anilines is 1. The van der Waals surface area contributed by atoms with Crippen molar-refractivity contribution < 1.29 is 35.9 Å². The number of carbonyl (C=O) groups excluding carboxylic acids is 2. The lowest BCUT2D eigenvalue weighted by Crippen LogP contribution is -2.43. The van der Waals surface area contributed by atoms with Crippen molar-refractivity contribution in [3.8, 4) is 0 Å². The maximum absolute atomic E-state index is 13.3. The molecule has 2 aromatic rings. The van der Waals surface area contributed by atoms with Crippen LogP contribution in [-0.4, -0.2) is 44.3 Å². The maximum atomic E-state index is 13.3. The molecule has 30 heavy (non-hydrogen) atoms. The molecular weight excluding hydrogens is 445 g/mol. The number of nitrogens with one attached hydrogen (secondary N) is 1. The number of alkyl halides is 3. The highest BCUT2D eigenvalue weighted by Gasteiger charge is 2.44. The summed E-state index contributed by atoms with van der Waals surface area (Å²) < 4.78 is 71.3. The second kappa shape index (κ2) is 8.36. The highest BCUT2D eigenvalue weighted by Crippen LogP contribution is 2.37. The summed E-state index contributed by atoms with van der Waals surface area (Å²) in [6.45, 7) is -0.0789. The zero-order valence-corrected chi connectivity index (χ0v) is 17.2. The lowest BCUT2D eigenvalue weighted by Gasteiger charge is -2.24. The second-order valence-electron chi connectivity index (χ2n) is 6.41. The Bertz CT molecular complexity index is 1070. The highest BCUT2D eigenvalue weighted by atomic mass is 32.2. The SMILES string of the molecule is COC(=O)c1ccc(NC(=O)C2CCCN2S(=O)(=O)c2ccccc2C(F)(F)F)s1. The Morgan fingerprint density at radius 1 is 1.20 bits per heavy atom. The smallest absolute Gasteiger partial charge is 0.417 e. The van der Waals surface area contributed by atoms with E-state index in [1.807, 2.05) is 0 Å². The van der Waals surface area contributed by atoms with Gasteiger partial charge in [0.2, 0.25) is 15.9 Å². The van der Waals surface area contributed by atoms with E-state index in [0.29, 0.717) is 17.5 Å². The highest BCUT2D eigenvalue weighted by molar-refractivity contribution is 7.89. The molecule has 1 amide bonds. The standard InChI is InChI=1S/C18H17F3N2O5S2/c1-28-17(25)13-8-9-15(29-13)22-16(24)12-6-4-10-23(12)30(26,27)14-7-3-2-5-11(14)18(19,20)21/h2-3,5,7-9,12H,4,6,10H2,1H3,(H,22,24). The molecule has 3 rings (SSSR count). The minimum absolute atomic E-state index is 0.0789. The summed E-state index contributed by atoms with van der Waals surface area (Å²) in [6, 6.07) is 5.61. The topological polar surface area (TPSA) is 92.8 Å². The van der Waals surface area contributed by atoms with E-state index in [-0.39, 0.29) is 17.8 Å². The Balaban J connectivity index is 1.86. The van der Waals surface area contributed by atoms with Gasteiger partial charge in [-0.3, -0.25) is 4.79 Å². The number of amides is 1. The van der Waals surface area contributed by atoms with Gasteiger partial charge in [0.1, 0.15) is 10.9 Å². The average molecular weight is 462 g/mol. The van der Waals surface area contributed by atoms with Gasteiger partial charge in [0.25, 0.3) is 0 Å². The summed E-state index contributed by atoms with van der Waals surface area (Å²) in [4.78, 5) is 23.6. The number of nitrogens with zero attached hydrogens (tertiary/aromatic N) is 1. The molecule has 0 spiro atoms. The number of rotatable bonds is 5. The van der Waals surface area contributed by atoms with Gasteiger partial charge in [0.15, 0.2) is 0 Å². The fourth-order valence-electron chi connectivity index (χ4n) is 3.16. The maximum Gasteiger partial charge on any atom is 0.417 e. The number of hydrogen-bond donors (Lipinski definition) is 1. The van der Waals surface area contributed by atoms with Crippen LogP contribution in [0.1, 0.15) is 28.1 Å². The Morgan fingerprint density at radius 3 is 2.57 bits per heavy atom. The van der Waals surface area contributed by atoms with E-state index in [4.69, 9.17) is 0 Å². The minimum atomic E-state index is -4.86. The van der Waals surface area contributed by atoms with E-state index in [1.165, 1.54) is 25.3 Å². The molecular formula is C18H17F3N2O5S2. The van der Waals surface area contributed by atoms with E-state index in [1.54, 1.807) is 0 Å². The van der Waals surface area contributed by atoms with Crippen LogP contribution in [0.15, 0.2) is 41.3 Å². The minimum Gasteiger partial charge on any atom is -0.465 e. The van der Waals surface area contributed by atoms with E-state index < -0.39 is 44.6 Å². The van der Waals surface area contributed by atoms with Crippen LogP contribution in [0.2, 0.25) is 0 Å². The van der Waals surface area contributed by atoms with Gasteiger partial charge in [-0.25, -0.2) is 13.2 Å². The van der Waals surface area contributed by atoms with Gasteiger partial charge < -0.3 is 10.1 Å². The Morgan fingerprint density at radius 2 is 1.90 bits per heavy atom. The predicted octanol–water partition coefficient (Wildman–Crippen LogP) is 3.35. The van der Waals surface area contributed by atoms with Gasteiger partial charge >= 0.3 is 12.1 Å². The largest absolute Gasteiger partial charge is 0.465 e. The van der Waals surface area contributed by atoms with Gasteiger partial charge in [-0.2, -0.15) is 17.5 Å². The quantitative estimate of drug-likeness (QED) is 0.688. The molecule has 1 aromatic heterocycles. The van der Waals surface area contributed by atoms with Crippen LogP contribution >= 0.6 is 11.3 Å². The summed E-state index contributed by atoms with van der Waals surface area (Å²) >= 11 is 0.940. The Hall–Kier alpha value is -2.44. The number of thiophene rings is 1. The number of esters is 1. The lowest BCUT2D eigenvalue weighted by atomic mass is 10.2. The third kappa shape index (κ3) is 4.35. The van der Waals surface area contributed by atoms with E-state index >= 15 is 0 Å².